The molecule has 0 heterocycles. The third-order valence-corrected chi connectivity index (χ3v) is 4.89. The number of ether oxygens (including phenoxy) is 2. The summed E-state index contributed by atoms with van der Waals surface area (Å²) in [6.07, 6.45) is 7.12. The number of hydrogen-bond donors (Lipinski definition) is 0. The van der Waals surface area contributed by atoms with Gasteiger partial charge in [-0.15, -0.1) is 6.42 Å². The molecule has 0 saturated carbocycles. The maximum atomic E-state index is 12.3. The van der Waals surface area contributed by atoms with Crippen molar-refractivity contribution < 1.29 is 14.3 Å². The molecule has 3 rings (SSSR count). The molecule has 0 aromatic heterocycles. The minimum absolute atomic E-state index is 0.392. The van der Waals surface area contributed by atoms with Gasteiger partial charge in [-0.3, -0.25) is 0 Å². The summed E-state index contributed by atoms with van der Waals surface area (Å²) in [4.78, 5) is 12.3. The minimum atomic E-state index is -1.02. The lowest BCUT2D eigenvalue weighted by atomic mass is 9.86. The summed E-state index contributed by atoms with van der Waals surface area (Å²) in [6, 6.07) is 26.6. The highest BCUT2D eigenvalue weighted by atomic mass is 16.5. The van der Waals surface area contributed by atoms with Crippen LogP contribution in [0.4, 0.5) is 0 Å². The molecular weight excluding hydrogens is 384 g/mol. The third-order valence-electron chi connectivity index (χ3n) is 4.89. The van der Waals surface area contributed by atoms with Gasteiger partial charge in [0, 0.05) is 35.4 Å². The molecule has 0 saturated heterocycles. The van der Waals surface area contributed by atoms with E-state index < -0.39 is 11.6 Å². The molecular formula is C28H22O3. The summed E-state index contributed by atoms with van der Waals surface area (Å²) in [5.74, 6) is 8.55. The van der Waals surface area contributed by atoms with Crippen molar-refractivity contribution in [1.82, 2.24) is 0 Å². The van der Waals surface area contributed by atoms with E-state index in [0.717, 1.165) is 11.1 Å². The van der Waals surface area contributed by atoms with Crippen LogP contribution in [-0.4, -0.2) is 20.2 Å². The van der Waals surface area contributed by atoms with Gasteiger partial charge in [-0.05, 0) is 6.07 Å². The molecule has 3 aromatic rings. The molecule has 3 nitrogen and oxygen atoms in total. The Hall–Kier alpha value is -4.05. The molecule has 0 aliphatic carbocycles. The van der Waals surface area contributed by atoms with Crippen molar-refractivity contribution in [2.45, 2.75) is 5.60 Å². The van der Waals surface area contributed by atoms with Crippen molar-refractivity contribution >= 4 is 11.5 Å². The Bertz CT molecular complexity index is 1130. The third kappa shape index (κ3) is 4.59. The highest BCUT2D eigenvalue weighted by Gasteiger charge is 2.32. The quantitative estimate of drug-likeness (QED) is 0.438. The maximum Gasteiger partial charge on any atom is 0.338 e. The number of hydrogen-bond acceptors (Lipinski definition) is 3. The molecule has 0 aliphatic heterocycles. The number of carbonyl (C=O) groups is 1. The van der Waals surface area contributed by atoms with Crippen LogP contribution in [0.5, 0.6) is 0 Å². The van der Waals surface area contributed by atoms with E-state index in [1.807, 2.05) is 66.7 Å². The van der Waals surface area contributed by atoms with Gasteiger partial charge in [0.15, 0.2) is 5.60 Å². The first-order valence-corrected chi connectivity index (χ1v) is 9.69. The zero-order valence-corrected chi connectivity index (χ0v) is 17.5. The predicted molar refractivity (Wildman–Crippen MR) is 123 cm³/mol. The van der Waals surface area contributed by atoms with Gasteiger partial charge in [0.1, 0.15) is 0 Å². The molecule has 0 bridgehead atoms. The van der Waals surface area contributed by atoms with Crippen molar-refractivity contribution in [3.63, 3.8) is 0 Å². The van der Waals surface area contributed by atoms with Crippen molar-refractivity contribution in [2.75, 3.05) is 14.2 Å². The first-order chi connectivity index (χ1) is 15.2. The summed E-state index contributed by atoms with van der Waals surface area (Å²) in [6.45, 7) is 0. The van der Waals surface area contributed by atoms with Crippen molar-refractivity contribution in [1.29, 1.82) is 0 Å². The van der Waals surface area contributed by atoms with Crippen molar-refractivity contribution in [3.8, 4) is 24.2 Å². The van der Waals surface area contributed by atoms with E-state index in [1.54, 1.807) is 31.4 Å². The Balaban J connectivity index is 2.22. The van der Waals surface area contributed by atoms with Crippen LogP contribution in [0.15, 0.2) is 91.0 Å². The van der Waals surface area contributed by atoms with Crippen molar-refractivity contribution in [2.24, 2.45) is 0 Å². The predicted octanol–water partition coefficient (Wildman–Crippen LogP) is 5.08. The lowest BCUT2D eigenvalue weighted by Gasteiger charge is -2.28. The molecule has 3 heteroatoms. The van der Waals surface area contributed by atoms with Crippen LogP contribution in [0.25, 0.3) is 5.57 Å². The van der Waals surface area contributed by atoms with Crippen LogP contribution in [0, 0.1) is 24.2 Å². The zero-order chi connectivity index (χ0) is 22.1. The maximum absolute atomic E-state index is 12.3. The fraction of sp³-hybridized carbons (Fsp3) is 0.107. The summed E-state index contributed by atoms with van der Waals surface area (Å²) >= 11 is 0. The van der Waals surface area contributed by atoms with E-state index in [-0.39, 0.29) is 0 Å². The standard InChI is InChI=1S/C28H22O3/c1-4-13-22(25-18-11-12-19-26(25)27(29)30-2)20-21-28(31-3,23-14-7-5-8-15-23)24-16-9-6-10-17-24/h1,5-19H,2-3H3/b22-13+. The number of benzene rings is 3. The van der Waals surface area contributed by atoms with Gasteiger partial charge in [0.05, 0.1) is 12.7 Å². The highest BCUT2D eigenvalue weighted by Crippen LogP contribution is 2.33. The van der Waals surface area contributed by atoms with Gasteiger partial charge in [-0.1, -0.05) is 96.6 Å². The van der Waals surface area contributed by atoms with E-state index in [9.17, 15) is 4.79 Å². The van der Waals surface area contributed by atoms with Crippen LogP contribution in [0.1, 0.15) is 27.0 Å². The first kappa shape index (κ1) is 21.7. The number of rotatable bonds is 5. The molecule has 3 aromatic carbocycles. The van der Waals surface area contributed by atoms with E-state index in [4.69, 9.17) is 15.9 Å². The molecule has 0 fully saturated rings. The summed E-state index contributed by atoms with van der Waals surface area (Å²) in [7, 11) is 2.97. The molecule has 0 spiro atoms. The summed E-state index contributed by atoms with van der Waals surface area (Å²) < 4.78 is 10.9. The zero-order valence-electron chi connectivity index (χ0n) is 17.5. The van der Waals surface area contributed by atoms with Crippen LogP contribution in [-0.2, 0) is 15.1 Å². The SMILES string of the molecule is C#C/C=C(\C#CC(OC)(c1ccccc1)c1ccccc1)c1ccccc1C(=O)OC. The molecule has 0 atom stereocenters. The van der Waals surface area contributed by atoms with Gasteiger partial charge in [0.25, 0.3) is 0 Å². The summed E-state index contributed by atoms with van der Waals surface area (Å²) in [5, 5.41) is 0. The van der Waals surface area contributed by atoms with E-state index in [2.05, 4.69) is 17.8 Å². The molecule has 0 amide bonds. The fourth-order valence-electron chi connectivity index (χ4n) is 3.37. The van der Waals surface area contributed by atoms with Gasteiger partial charge in [-0.25, -0.2) is 4.79 Å². The second kappa shape index (κ2) is 10.1. The number of esters is 1. The van der Waals surface area contributed by atoms with E-state index in [0.29, 0.717) is 16.7 Å². The molecule has 0 unspecified atom stereocenters. The lowest BCUT2D eigenvalue weighted by molar-refractivity contribution is 0.0600. The number of allylic oxidation sites excluding steroid dienone is 2. The van der Waals surface area contributed by atoms with Gasteiger partial charge in [-0.2, -0.15) is 0 Å². The smallest absolute Gasteiger partial charge is 0.338 e. The Morgan fingerprint density at radius 1 is 0.839 bits per heavy atom. The monoisotopic (exact) mass is 406 g/mol. The number of methoxy groups -OCH3 is 2. The average Bonchev–Trinajstić information content (AvgIpc) is 2.85. The first-order valence-electron chi connectivity index (χ1n) is 9.69. The van der Waals surface area contributed by atoms with Gasteiger partial charge in [0.2, 0.25) is 0 Å². The van der Waals surface area contributed by atoms with Crippen LogP contribution in [0.3, 0.4) is 0 Å². The Morgan fingerprint density at radius 3 is 1.84 bits per heavy atom. The van der Waals surface area contributed by atoms with Gasteiger partial charge >= 0.3 is 5.97 Å². The topological polar surface area (TPSA) is 35.5 Å². The second-order valence-corrected chi connectivity index (χ2v) is 6.63. The number of terminal acetylenes is 1. The lowest BCUT2D eigenvalue weighted by Crippen LogP contribution is -2.28. The summed E-state index contributed by atoms with van der Waals surface area (Å²) in [5.41, 5.74) is 2.28. The Morgan fingerprint density at radius 2 is 1.35 bits per heavy atom. The Kier molecular flexibility index (Phi) is 7.07. The van der Waals surface area contributed by atoms with Crippen molar-refractivity contribution in [3.05, 3.63) is 113 Å². The number of carbonyl (C=O) groups excluding carboxylic acids is 1. The molecule has 31 heavy (non-hydrogen) atoms. The van der Waals surface area contributed by atoms with Crippen LogP contribution < -0.4 is 0 Å². The minimum Gasteiger partial charge on any atom is -0.465 e. The van der Waals surface area contributed by atoms with E-state index in [1.165, 1.54) is 7.11 Å². The van der Waals surface area contributed by atoms with E-state index >= 15 is 0 Å². The molecule has 0 radical (unpaired) electrons. The van der Waals surface area contributed by atoms with Crippen LogP contribution in [0.2, 0.25) is 0 Å². The highest BCUT2D eigenvalue weighted by molar-refractivity contribution is 5.98. The molecule has 0 aliphatic rings. The fourth-order valence-corrected chi connectivity index (χ4v) is 3.37. The Labute approximate surface area is 183 Å². The van der Waals surface area contributed by atoms with Crippen LogP contribution >= 0.6 is 0 Å². The second-order valence-electron chi connectivity index (χ2n) is 6.63. The normalized spacial score (nSPS) is 11.1. The largest absolute Gasteiger partial charge is 0.465 e. The van der Waals surface area contributed by atoms with Gasteiger partial charge < -0.3 is 9.47 Å². The molecule has 0 N–H and O–H groups in total. The average molecular weight is 406 g/mol. The molecule has 152 valence electrons.